The van der Waals surface area contributed by atoms with Crippen molar-refractivity contribution in [1.82, 2.24) is 15.2 Å². The van der Waals surface area contributed by atoms with Crippen LogP contribution in [0.4, 0.5) is 0 Å². The normalized spacial score (nSPS) is 24.3. The number of carbonyl (C=O) groups is 1. The fourth-order valence-corrected chi connectivity index (χ4v) is 4.54. The highest BCUT2D eigenvalue weighted by molar-refractivity contribution is 7.99. The molecule has 2 bridgehead atoms. The Hall–Kier alpha value is -2.05. The van der Waals surface area contributed by atoms with E-state index in [2.05, 4.69) is 15.2 Å². The van der Waals surface area contributed by atoms with Crippen LogP contribution >= 0.6 is 11.8 Å². The van der Waals surface area contributed by atoms with Crippen molar-refractivity contribution in [2.45, 2.75) is 28.8 Å². The summed E-state index contributed by atoms with van der Waals surface area (Å²) in [5, 5.41) is 4.10. The van der Waals surface area contributed by atoms with Crippen molar-refractivity contribution in [1.29, 1.82) is 0 Å². The molecule has 5 nitrogen and oxygen atoms in total. The molecule has 2 aromatic rings. The Labute approximate surface area is 158 Å². The molecule has 1 aromatic carbocycles. The number of benzene rings is 1. The first-order valence-corrected chi connectivity index (χ1v) is 9.85. The highest BCUT2D eigenvalue weighted by atomic mass is 32.2. The summed E-state index contributed by atoms with van der Waals surface area (Å²) in [4.78, 5) is 20.5. The Morgan fingerprint density at radius 2 is 1.96 bits per heavy atom. The number of carbonyl (C=O) groups excluding carboxylic acids is 1. The van der Waals surface area contributed by atoms with E-state index in [4.69, 9.17) is 4.74 Å². The second-order valence-corrected chi connectivity index (χ2v) is 7.96. The first-order chi connectivity index (χ1) is 12.7. The van der Waals surface area contributed by atoms with Crippen LogP contribution in [0.25, 0.3) is 0 Å². The van der Waals surface area contributed by atoms with Crippen molar-refractivity contribution < 1.29 is 9.53 Å². The van der Waals surface area contributed by atoms with Crippen molar-refractivity contribution in [2.75, 3.05) is 26.7 Å². The summed E-state index contributed by atoms with van der Waals surface area (Å²) in [7, 11) is 1.61. The number of rotatable bonds is 5. The van der Waals surface area contributed by atoms with Gasteiger partial charge in [0.2, 0.25) is 5.88 Å². The van der Waals surface area contributed by atoms with Gasteiger partial charge in [0.1, 0.15) is 5.03 Å². The average molecular weight is 369 g/mol. The van der Waals surface area contributed by atoms with E-state index < -0.39 is 0 Å². The van der Waals surface area contributed by atoms with Gasteiger partial charge in [0.05, 0.1) is 7.11 Å². The van der Waals surface area contributed by atoms with E-state index >= 15 is 0 Å². The van der Waals surface area contributed by atoms with Crippen LogP contribution in [0.1, 0.15) is 23.2 Å². The third-order valence-electron chi connectivity index (χ3n) is 5.22. The number of aromatic nitrogens is 1. The lowest BCUT2D eigenvalue weighted by atomic mass is 9.84. The summed E-state index contributed by atoms with van der Waals surface area (Å²) >= 11 is 1.55. The van der Waals surface area contributed by atoms with E-state index in [1.807, 2.05) is 42.5 Å². The number of hydrogen-bond acceptors (Lipinski definition) is 5. The molecular weight excluding hydrogens is 346 g/mol. The molecule has 26 heavy (non-hydrogen) atoms. The largest absolute Gasteiger partial charge is 0.481 e. The molecule has 0 aliphatic carbocycles. The number of piperidine rings is 3. The van der Waals surface area contributed by atoms with Crippen LogP contribution in [0, 0.1) is 5.92 Å². The summed E-state index contributed by atoms with van der Waals surface area (Å²) in [6, 6.07) is 13.7. The topological polar surface area (TPSA) is 54.5 Å². The number of fused-ring (bicyclic) bond motifs is 3. The zero-order valence-electron chi connectivity index (χ0n) is 14.9. The number of nitrogens with zero attached hydrogens (tertiary/aromatic N) is 2. The van der Waals surface area contributed by atoms with E-state index in [9.17, 15) is 4.79 Å². The Morgan fingerprint density at radius 3 is 2.62 bits per heavy atom. The van der Waals surface area contributed by atoms with Gasteiger partial charge in [0.25, 0.3) is 5.91 Å². The maximum Gasteiger partial charge on any atom is 0.251 e. The lowest BCUT2D eigenvalue weighted by Crippen LogP contribution is -2.57. The van der Waals surface area contributed by atoms with Crippen LogP contribution in [0.5, 0.6) is 5.88 Å². The lowest BCUT2D eigenvalue weighted by molar-refractivity contribution is 0.0620. The summed E-state index contributed by atoms with van der Waals surface area (Å²) in [6.07, 6.45) is 2.40. The molecule has 1 N–H and O–H groups in total. The third-order valence-corrected chi connectivity index (χ3v) is 6.16. The van der Waals surface area contributed by atoms with Crippen LogP contribution in [-0.4, -0.2) is 48.6 Å². The number of amides is 1. The van der Waals surface area contributed by atoms with Crippen LogP contribution in [-0.2, 0) is 0 Å². The molecule has 3 fully saturated rings. The van der Waals surface area contributed by atoms with Gasteiger partial charge in [-0.05, 0) is 62.2 Å². The van der Waals surface area contributed by atoms with Gasteiger partial charge in [0, 0.05) is 29.1 Å². The van der Waals surface area contributed by atoms with E-state index in [1.165, 1.54) is 25.9 Å². The molecular formula is C20H23N3O2S. The first kappa shape index (κ1) is 17.4. The Morgan fingerprint density at radius 1 is 1.19 bits per heavy atom. The summed E-state index contributed by atoms with van der Waals surface area (Å²) in [5.74, 6) is 1.27. The van der Waals surface area contributed by atoms with E-state index in [1.54, 1.807) is 18.9 Å². The predicted octanol–water partition coefficient (Wildman–Crippen LogP) is 3.07. The monoisotopic (exact) mass is 369 g/mol. The Bertz CT molecular complexity index is 773. The highest BCUT2D eigenvalue weighted by Crippen LogP contribution is 2.29. The van der Waals surface area contributed by atoms with Crippen LogP contribution < -0.4 is 10.1 Å². The fourth-order valence-electron chi connectivity index (χ4n) is 3.74. The Balaban J connectivity index is 1.38. The predicted molar refractivity (Wildman–Crippen MR) is 102 cm³/mol. The maximum atomic E-state index is 12.6. The molecule has 3 aliphatic heterocycles. The number of nitrogens with one attached hydrogen (secondary N) is 1. The SMILES string of the molecule is COc1cccc(Sc2ccc(C(=O)NC3CN4CCC3CC4)cc2)n1. The molecule has 1 amide bonds. The molecule has 6 heteroatoms. The van der Waals surface area contributed by atoms with Crippen LogP contribution in [0.2, 0.25) is 0 Å². The zero-order chi connectivity index (χ0) is 17.9. The maximum absolute atomic E-state index is 12.6. The van der Waals surface area contributed by atoms with Crippen molar-refractivity contribution in [3.05, 3.63) is 48.0 Å². The fraction of sp³-hybridized carbons (Fsp3) is 0.400. The van der Waals surface area contributed by atoms with Gasteiger partial charge in [-0.25, -0.2) is 4.98 Å². The minimum absolute atomic E-state index is 0.0276. The van der Waals surface area contributed by atoms with Gasteiger partial charge in [-0.1, -0.05) is 17.8 Å². The summed E-state index contributed by atoms with van der Waals surface area (Å²) in [5.41, 5.74) is 0.712. The van der Waals surface area contributed by atoms with Crippen LogP contribution in [0.3, 0.4) is 0 Å². The molecule has 5 rings (SSSR count). The van der Waals surface area contributed by atoms with Crippen molar-refractivity contribution in [2.24, 2.45) is 5.92 Å². The van der Waals surface area contributed by atoms with Gasteiger partial charge >= 0.3 is 0 Å². The minimum atomic E-state index is 0.0276. The lowest BCUT2D eigenvalue weighted by Gasteiger charge is -2.44. The Kier molecular flexibility index (Phi) is 5.13. The highest BCUT2D eigenvalue weighted by Gasteiger charge is 2.34. The smallest absolute Gasteiger partial charge is 0.251 e. The molecule has 3 aliphatic rings. The van der Waals surface area contributed by atoms with Crippen molar-refractivity contribution in [3.8, 4) is 5.88 Å². The average Bonchev–Trinajstić information content (AvgIpc) is 2.69. The molecule has 0 saturated carbocycles. The quantitative estimate of drug-likeness (QED) is 0.878. The van der Waals surface area contributed by atoms with Gasteiger partial charge in [-0.3, -0.25) is 4.79 Å². The number of pyridine rings is 1. The summed E-state index contributed by atoms with van der Waals surface area (Å²) in [6.45, 7) is 3.36. The zero-order valence-corrected chi connectivity index (χ0v) is 15.7. The van der Waals surface area contributed by atoms with Gasteiger partial charge < -0.3 is 15.0 Å². The van der Waals surface area contributed by atoms with Gasteiger partial charge in [-0.15, -0.1) is 0 Å². The number of methoxy groups -OCH3 is 1. The summed E-state index contributed by atoms with van der Waals surface area (Å²) < 4.78 is 5.16. The van der Waals surface area contributed by atoms with Crippen LogP contribution in [0.15, 0.2) is 52.4 Å². The molecule has 0 spiro atoms. The second-order valence-electron chi connectivity index (χ2n) is 6.86. The van der Waals surface area contributed by atoms with E-state index in [0.717, 1.165) is 16.5 Å². The molecule has 0 radical (unpaired) electrons. The van der Waals surface area contributed by atoms with E-state index in [-0.39, 0.29) is 5.91 Å². The standard InChI is InChI=1S/C20H23N3O2S/c1-25-18-3-2-4-19(22-18)26-16-7-5-15(6-8-16)20(24)21-17-13-23-11-9-14(17)10-12-23/h2-8,14,17H,9-13H2,1H3,(H,21,24). The number of hydrogen-bond donors (Lipinski definition) is 1. The molecule has 1 atom stereocenters. The molecule has 3 saturated heterocycles. The molecule has 136 valence electrons. The molecule has 1 unspecified atom stereocenters. The number of ether oxygens (including phenoxy) is 1. The van der Waals surface area contributed by atoms with Crippen molar-refractivity contribution >= 4 is 17.7 Å². The van der Waals surface area contributed by atoms with Gasteiger partial charge in [0.15, 0.2) is 0 Å². The second kappa shape index (κ2) is 7.68. The van der Waals surface area contributed by atoms with Crippen molar-refractivity contribution in [3.63, 3.8) is 0 Å². The molecule has 1 aromatic heterocycles. The van der Waals surface area contributed by atoms with E-state index in [0.29, 0.717) is 23.4 Å². The minimum Gasteiger partial charge on any atom is -0.481 e. The first-order valence-electron chi connectivity index (χ1n) is 9.03. The third kappa shape index (κ3) is 3.86. The van der Waals surface area contributed by atoms with Gasteiger partial charge in [-0.2, -0.15) is 0 Å². The molecule has 4 heterocycles.